The molecule has 6 heteroatoms. The van der Waals surface area contributed by atoms with Gasteiger partial charge < -0.3 is 20.3 Å². The van der Waals surface area contributed by atoms with Gasteiger partial charge in [-0.3, -0.25) is 9.79 Å². The monoisotopic (exact) mass is 380 g/mol. The van der Waals surface area contributed by atoms with E-state index in [1.165, 1.54) is 38.8 Å². The number of nitrogens with one attached hydrogen (secondary N) is 2. The standard InChI is InChI=1S/C21H40N4O2/c1-21(2,3)27-19(26)9-7-5-6-8-14-23-20(22-4)24-17-12-15-25(16-13-17)18-10-11-18/h17-18H,5-16H2,1-4H3,(H2,22,23,24). The zero-order valence-corrected chi connectivity index (χ0v) is 17.9. The molecule has 6 nitrogen and oxygen atoms in total. The van der Waals surface area contributed by atoms with Gasteiger partial charge in [-0.25, -0.2) is 0 Å². The summed E-state index contributed by atoms with van der Waals surface area (Å²) >= 11 is 0. The molecule has 2 fully saturated rings. The van der Waals surface area contributed by atoms with Gasteiger partial charge in [-0.05, 0) is 59.3 Å². The van der Waals surface area contributed by atoms with E-state index in [1.54, 1.807) is 0 Å². The smallest absolute Gasteiger partial charge is 0.306 e. The van der Waals surface area contributed by atoms with E-state index in [9.17, 15) is 4.79 Å². The highest BCUT2D eigenvalue weighted by molar-refractivity contribution is 5.79. The zero-order valence-electron chi connectivity index (χ0n) is 17.9. The quantitative estimate of drug-likeness (QED) is 0.278. The lowest BCUT2D eigenvalue weighted by atomic mass is 10.1. The van der Waals surface area contributed by atoms with Gasteiger partial charge in [-0.15, -0.1) is 0 Å². The van der Waals surface area contributed by atoms with Gasteiger partial charge in [0.1, 0.15) is 5.60 Å². The Bertz CT molecular complexity index is 475. The van der Waals surface area contributed by atoms with Gasteiger partial charge in [-0.2, -0.15) is 0 Å². The van der Waals surface area contributed by atoms with Crippen LogP contribution in [0.4, 0.5) is 0 Å². The molecule has 1 saturated heterocycles. The largest absolute Gasteiger partial charge is 0.460 e. The molecule has 0 amide bonds. The highest BCUT2D eigenvalue weighted by Crippen LogP contribution is 2.29. The van der Waals surface area contributed by atoms with Gasteiger partial charge >= 0.3 is 5.97 Å². The Morgan fingerprint density at radius 2 is 1.74 bits per heavy atom. The second-order valence-corrected chi connectivity index (χ2v) is 8.94. The van der Waals surface area contributed by atoms with Gasteiger partial charge in [0.05, 0.1) is 0 Å². The van der Waals surface area contributed by atoms with Crippen LogP contribution >= 0.6 is 0 Å². The molecule has 2 rings (SSSR count). The number of piperidine rings is 1. The fraction of sp³-hybridized carbons (Fsp3) is 0.905. The third kappa shape index (κ3) is 9.45. The van der Waals surface area contributed by atoms with Gasteiger partial charge in [0.25, 0.3) is 0 Å². The van der Waals surface area contributed by atoms with E-state index in [1.807, 2.05) is 27.8 Å². The van der Waals surface area contributed by atoms with E-state index in [-0.39, 0.29) is 11.6 Å². The molecule has 1 heterocycles. The minimum absolute atomic E-state index is 0.0852. The van der Waals surface area contributed by atoms with Crippen LogP contribution in [0.15, 0.2) is 4.99 Å². The normalized spacial score (nSPS) is 19.8. The zero-order chi connectivity index (χ0) is 19.7. The first-order chi connectivity index (χ1) is 12.9. The molecule has 0 bridgehead atoms. The van der Waals surface area contributed by atoms with E-state index < -0.39 is 0 Å². The number of unbranched alkanes of at least 4 members (excludes halogenated alkanes) is 3. The SMILES string of the molecule is CN=C(NCCCCCCC(=O)OC(C)(C)C)NC1CCN(C2CC2)CC1. The number of aliphatic imine (C=N–C) groups is 1. The van der Waals surface area contributed by atoms with Crippen LogP contribution in [0, 0.1) is 0 Å². The lowest BCUT2D eigenvalue weighted by Crippen LogP contribution is -2.49. The van der Waals surface area contributed by atoms with E-state index in [0.29, 0.717) is 12.5 Å². The van der Waals surface area contributed by atoms with Crippen LogP contribution in [0.5, 0.6) is 0 Å². The van der Waals surface area contributed by atoms with Gasteiger partial charge in [0, 0.05) is 45.2 Å². The molecule has 1 aliphatic heterocycles. The van der Waals surface area contributed by atoms with Crippen molar-refractivity contribution in [3.63, 3.8) is 0 Å². The minimum atomic E-state index is -0.377. The Labute approximate surface area is 165 Å². The molecule has 0 aromatic rings. The maximum Gasteiger partial charge on any atom is 0.306 e. The van der Waals surface area contributed by atoms with Crippen molar-refractivity contribution in [3.05, 3.63) is 0 Å². The van der Waals surface area contributed by atoms with Crippen molar-refractivity contribution in [1.29, 1.82) is 0 Å². The predicted molar refractivity (Wildman–Crippen MR) is 111 cm³/mol. The summed E-state index contributed by atoms with van der Waals surface area (Å²) in [5.41, 5.74) is -0.377. The average Bonchev–Trinajstić information content (AvgIpc) is 3.44. The van der Waals surface area contributed by atoms with Gasteiger partial charge in [0.2, 0.25) is 0 Å². The number of likely N-dealkylation sites (tertiary alicyclic amines) is 1. The van der Waals surface area contributed by atoms with Crippen molar-refractivity contribution in [3.8, 4) is 0 Å². The van der Waals surface area contributed by atoms with Crippen molar-refractivity contribution in [2.75, 3.05) is 26.7 Å². The molecular formula is C21H40N4O2. The Kier molecular flexibility index (Phi) is 8.87. The second kappa shape index (κ2) is 10.9. The van der Waals surface area contributed by atoms with E-state index in [0.717, 1.165) is 44.2 Å². The van der Waals surface area contributed by atoms with Crippen LogP contribution in [0.3, 0.4) is 0 Å². The molecular weight excluding hydrogens is 340 g/mol. The molecule has 156 valence electrons. The number of rotatable bonds is 9. The number of ether oxygens (including phenoxy) is 1. The van der Waals surface area contributed by atoms with Gasteiger partial charge in [0.15, 0.2) is 5.96 Å². The Balaban J connectivity index is 1.47. The van der Waals surface area contributed by atoms with E-state index in [2.05, 4.69) is 20.5 Å². The number of nitrogens with zero attached hydrogens (tertiary/aromatic N) is 2. The fourth-order valence-electron chi connectivity index (χ4n) is 3.58. The number of carbonyl (C=O) groups is 1. The summed E-state index contributed by atoms with van der Waals surface area (Å²) < 4.78 is 5.33. The topological polar surface area (TPSA) is 66.0 Å². The van der Waals surface area contributed by atoms with Crippen LogP contribution < -0.4 is 10.6 Å². The molecule has 2 N–H and O–H groups in total. The first-order valence-corrected chi connectivity index (χ1v) is 10.8. The lowest BCUT2D eigenvalue weighted by Gasteiger charge is -2.33. The van der Waals surface area contributed by atoms with Crippen molar-refractivity contribution in [2.45, 2.75) is 96.2 Å². The molecule has 0 aromatic carbocycles. The van der Waals surface area contributed by atoms with Crippen LogP contribution in [0.25, 0.3) is 0 Å². The number of carbonyl (C=O) groups excluding carboxylic acids is 1. The van der Waals surface area contributed by atoms with Crippen LogP contribution in [-0.4, -0.2) is 61.2 Å². The predicted octanol–water partition coefficient (Wildman–Crippen LogP) is 3.07. The molecule has 1 aliphatic carbocycles. The van der Waals surface area contributed by atoms with Crippen LogP contribution in [-0.2, 0) is 9.53 Å². The summed E-state index contributed by atoms with van der Waals surface area (Å²) in [6.45, 7) is 9.09. The Morgan fingerprint density at radius 1 is 1.07 bits per heavy atom. The molecule has 27 heavy (non-hydrogen) atoms. The van der Waals surface area contributed by atoms with Crippen LogP contribution in [0.1, 0.15) is 78.6 Å². The van der Waals surface area contributed by atoms with Crippen molar-refractivity contribution in [1.82, 2.24) is 15.5 Å². The summed E-state index contributed by atoms with van der Waals surface area (Å²) in [7, 11) is 1.84. The summed E-state index contributed by atoms with van der Waals surface area (Å²) in [6.07, 6.45) is 9.92. The molecule has 2 aliphatic rings. The lowest BCUT2D eigenvalue weighted by molar-refractivity contribution is -0.154. The first kappa shape index (κ1) is 22.0. The average molecular weight is 381 g/mol. The second-order valence-electron chi connectivity index (χ2n) is 8.94. The molecule has 1 saturated carbocycles. The highest BCUT2D eigenvalue weighted by Gasteiger charge is 2.31. The third-order valence-electron chi connectivity index (χ3n) is 5.18. The van der Waals surface area contributed by atoms with E-state index >= 15 is 0 Å². The fourth-order valence-corrected chi connectivity index (χ4v) is 3.58. The summed E-state index contributed by atoms with van der Waals surface area (Å²) in [4.78, 5) is 18.7. The molecule has 0 atom stereocenters. The van der Waals surface area contributed by atoms with Crippen molar-refractivity contribution in [2.24, 2.45) is 4.99 Å². The van der Waals surface area contributed by atoms with Crippen LogP contribution in [0.2, 0.25) is 0 Å². The Morgan fingerprint density at radius 3 is 2.33 bits per heavy atom. The molecule has 0 spiro atoms. The summed E-state index contributed by atoms with van der Waals surface area (Å²) in [5.74, 6) is 0.839. The Hall–Kier alpha value is -1.30. The number of guanidine groups is 1. The number of hydrogen-bond acceptors (Lipinski definition) is 4. The van der Waals surface area contributed by atoms with Gasteiger partial charge in [-0.1, -0.05) is 12.8 Å². The maximum atomic E-state index is 11.7. The molecule has 0 aromatic heterocycles. The molecule has 0 radical (unpaired) electrons. The molecule has 0 unspecified atom stereocenters. The maximum absolute atomic E-state index is 11.7. The van der Waals surface area contributed by atoms with Crippen molar-refractivity contribution < 1.29 is 9.53 Å². The van der Waals surface area contributed by atoms with E-state index in [4.69, 9.17) is 4.74 Å². The van der Waals surface area contributed by atoms with Crippen molar-refractivity contribution >= 4 is 11.9 Å². The summed E-state index contributed by atoms with van der Waals surface area (Å²) in [6, 6.07) is 1.43. The minimum Gasteiger partial charge on any atom is -0.460 e. The first-order valence-electron chi connectivity index (χ1n) is 10.8. The third-order valence-corrected chi connectivity index (χ3v) is 5.18. The number of esters is 1. The number of hydrogen-bond donors (Lipinski definition) is 2. The highest BCUT2D eigenvalue weighted by atomic mass is 16.6. The summed E-state index contributed by atoms with van der Waals surface area (Å²) in [5, 5.41) is 7.00.